The summed E-state index contributed by atoms with van der Waals surface area (Å²) in [6, 6.07) is 28.2. The predicted molar refractivity (Wildman–Crippen MR) is 220 cm³/mol. The van der Waals surface area contributed by atoms with Crippen molar-refractivity contribution in [3.63, 3.8) is 0 Å². The molecular weight excluding hydrogens is 671 g/mol. The summed E-state index contributed by atoms with van der Waals surface area (Å²) in [5, 5.41) is 9.81. The van der Waals surface area contributed by atoms with E-state index in [0.29, 0.717) is 22.7 Å². The van der Waals surface area contributed by atoms with Crippen LogP contribution in [0.25, 0.3) is 5.57 Å². The van der Waals surface area contributed by atoms with Crippen LogP contribution in [0, 0.1) is 13.8 Å². The lowest BCUT2D eigenvalue weighted by atomic mass is 9.92. The lowest BCUT2D eigenvalue weighted by molar-refractivity contribution is 0.101. The van der Waals surface area contributed by atoms with Crippen LogP contribution in [-0.2, 0) is 6.42 Å². The van der Waals surface area contributed by atoms with Crippen molar-refractivity contribution in [2.45, 2.75) is 66.3 Å². The quantitative estimate of drug-likeness (QED) is 0.145. The first-order valence-electron chi connectivity index (χ1n) is 18.6. The first-order chi connectivity index (χ1) is 26.2. The standard InChI is InChI=1S/C45H45N7O2/c1-6-13-31-28(4)42-41(30-23-21-27(3)22-24-30)43-29(5)32(14-7-2)40(50-43)26-47-34-16-9-11-18-36(34)52-45(54)38-20-12-19-37(48-38)44(53)51-35-17-10-8-15-33(35)46-25-39(31)49-42/h8-12,15-26,39,49-50H,6-7,13-14H2,1-5H3,(H,51,53)(H,52,54)/b42-41+,46-25?,47-26?. The number of para-hydroxylation sites is 4. The molecule has 6 bridgehead atoms. The molecule has 5 aromatic rings. The molecule has 9 nitrogen and oxygen atoms in total. The van der Waals surface area contributed by atoms with E-state index in [0.717, 1.165) is 53.9 Å². The van der Waals surface area contributed by atoms with E-state index >= 15 is 0 Å². The molecule has 0 spiro atoms. The molecule has 2 aliphatic heterocycles. The van der Waals surface area contributed by atoms with Crippen molar-refractivity contribution in [1.82, 2.24) is 15.3 Å². The van der Waals surface area contributed by atoms with Gasteiger partial charge in [0.1, 0.15) is 11.4 Å². The zero-order valence-electron chi connectivity index (χ0n) is 31.4. The number of allylic oxidation sites excluding steroid dienone is 1. The molecule has 54 heavy (non-hydrogen) atoms. The number of aliphatic imine (C=N–C) groups is 2. The fraction of sp³-hybridized carbons (Fsp3) is 0.222. The van der Waals surface area contributed by atoms with Gasteiger partial charge < -0.3 is 20.9 Å². The number of benzene rings is 3. The van der Waals surface area contributed by atoms with Crippen molar-refractivity contribution >= 4 is 52.6 Å². The van der Waals surface area contributed by atoms with Crippen molar-refractivity contribution in [2.24, 2.45) is 9.98 Å². The number of aromatic amines is 1. The topological polar surface area (TPSA) is 124 Å². The van der Waals surface area contributed by atoms with Crippen molar-refractivity contribution in [1.29, 1.82) is 0 Å². The molecule has 4 N–H and O–H groups in total. The smallest absolute Gasteiger partial charge is 0.274 e. The van der Waals surface area contributed by atoms with Crippen molar-refractivity contribution in [2.75, 3.05) is 10.6 Å². The number of fused-ring (bicyclic) bond motifs is 8. The van der Waals surface area contributed by atoms with Gasteiger partial charge in [-0.3, -0.25) is 19.6 Å². The Morgan fingerprint density at radius 1 is 0.685 bits per heavy atom. The second-order valence-electron chi connectivity index (χ2n) is 13.8. The first kappa shape index (κ1) is 36.0. The third-order valence-electron chi connectivity index (χ3n) is 10.0. The molecule has 3 aromatic carbocycles. The first-order valence-corrected chi connectivity index (χ1v) is 18.6. The van der Waals surface area contributed by atoms with Gasteiger partial charge in [-0.25, -0.2) is 4.98 Å². The van der Waals surface area contributed by atoms with E-state index in [1.165, 1.54) is 27.8 Å². The predicted octanol–water partition coefficient (Wildman–Crippen LogP) is 9.80. The fourth-order valence-corrected chi connectivity index (χ4v) is 7.20. The van der Waals surface area contributed by atoms with Gasteiger partial charge in [-0.15, -0.1) is 0 Å². The van der Waals surface area contributed by atoms with Crippen LogP contribution in [0.15, 0.2) is 118 Å². The Balaban J connectivity index is 1.45. The normalized spacial score (nSPS) is 17.2. The Kier molecular flexibility index (Phi) is 10.5. The molecule has 0 saturated carbocycles. The summed E-state index contributed by atoms with van der Waals surface area (Å²) < 4.78 is 0. The van der Waals surface area contributed by atoms with E-state index in [1.807, 2.05) is 54.9 Å². The van der Waals surface area contributed by atoms with Gasteiger partial charge in [0, 0.05) is 17.5 Å². The second-order valence-corrected chi connectivity index (χ2v) is 13.8. The molecule has 0 radical (unpaired) electrons. The maximum atomic E-state index is 13.5. The minimum absolute atomic E-state index is 0.105. The molecule has 0 aliphatic carbocycles. The number of carbonyl (C=O) groups excluding carboxylic acids is 2. The number of hydrogen-bond donors (Lipinski definition) is 4. The van der Waals surface area contributed by atoms with Gasteiger partial charge in [-0.1, -0.05) is 86.8 Å². The molecule has 272 valence electrons. The van der Waals surface area contributed by atoms with Crippen LogP contribution in [0.2, 0.25) is 0 Å². The zero-order chi connectivity index (χ0) is 37.8. The summed E-state index contributed by atoms with van der Waals surface area (Å²) in [4.78, 5) is 45.2. The van der Waals surface area contributed by atoms with Crippen molar-refractivity contribution < 1.29 is 9.59 Å². The molecule has 1 atom stereocenters. The highest BCUT2D eigenvalue weighted by Gasteiger charge is 2.30. The monoisotopic (exact) mass is 715 g/mol. The average molecular weight is 716 g/mol. The van der Waals surface area contributed by atoms with Crippen LogP contribution in [-0.4, -0.2) is 40.3 Å². The van der Waals surface area contributed by atoms with E-state index in [4.69, 9.17) is 9.98 Å². The largest absolute Gasteiger partial charge is 0.373 e. The van der Waals surface area contributed by atoms with E-state index in [-0.39, 0.29) is 17.4 Å². The Labute approximate surface area is 316 Å². The molecule has 0 fully saturated rings. The van der Waals surface area contributed by atoms with Gasteiger partial charge in [-0.05, 0) is 97.8 Å². The molecule has 2 aliphatic rings. The molecule has 2 aromatic heterocycles. The molecule has 1 unspecified atom stereocenters. The average Bonchev–Trinajstić information content (AvgIpc) is 3.65. The number of rotatable bonds is 5. The minimum Gasteiger partial charge on any atom is -0.373 e. The number of nitrogens with zero attached hydrogens (tertiary/aromatic N) is 3. The molecule has 7 rings (SSSR count). The zero-order valence-corrected chi connectivity index (χ0v) is 31.4. The summed E-state index contributed by atoms with van der Waals surface area (Å²) in [5.41, 5.74) is 13.7. The van der Waals surface area contributed by atoms with Crippen LogP contribution in [0.4, 0.5) is 22.7 Å². The van der Waals surface area contributed by atoms with E-state index < -0.39 is 11.8 Å². The maximum absolute atomic E-state index is 13.5. The highest BCUT2D eigenvalue weighted by molar-refractivity contribution is 6.08. The van der Waals surface area contributed by atoms with Gasteiger partial charge in [0.15, 0.2) is 0 Å². The van der Waals surface area contributed by atoms with Gasteiger partial charge in [0.05, 0.1) is 46.4 Å². The summed E-state index contributed by atoms with van der Waals surface area (Å²) >= 11 is 0. The van der Waals surface area contributed by atoms with Crippen LogP contribution in [0.3, 0.4) is 0 Å². The summed E-state index contributed by atoms with van der Waals surface area (Å²) in [6.45, 7) is 10.9. The number of aromatic nitrogens is 2. The Morgan fingerprint density at radius 2 is 1.30 bits per heavy atom. The van der Waals surface area contributed by atoms with Crippen LogP contribution < -0.4 is 16.0 Å². The van der Waals surface area contributed by atoms with E-state index in [2.05, 4.69) is 84.8 Å². The minimum atomic E-state index is -0.452. The SMILES string of the molecule is CCCC1=C(C)/C2=C(/c3ccc(C)cc3)c3[nH]c(c(CCC)c3C)C=Nc3ccccc3NC(=O)c3cccc(n3)C(=O)Nc3ccccc3N=CC1N2. The Bertz CT molecular complexity index is 2360. The van der Waals surface area contributed by atoms with E-state index in [1.54, 1.807) is 24.3 Å². The second kappa shape index (κ2) is 15.7. The summed E-state index contributed by atoms with van der Waals surface area (Å²) in [6.07, 6.45) is 7.50. The van der Waals surface area contributed by atoms with Gasteiger partial charge in [-0.2, -0.15) is 0 Å². The molecule has 0 saturated heterocycles. The molecule has 4 heterocycles. The number of hydrogen-bond acceptors (Lipinski definition) is 6. The molecule has 9 heteroatoms. The van der Waals surface area contributed by atoms with Gasteiger partial charge in [0.25, 0.3) is 11.8 Å². The van der Waals surface area contributed by atoms with Gasteiger partial charge in [0.2, 0.25) is 0 Å². The van der Waals surface area contributed by atoms with Crippen LogP contribution >= 0.6 is 0 Å². The Morgan fingerprint density at radius 3 is 1.93 bits per heavy atom. The molecule has 2 amide bonds. The number of carbonyl (C=O) groups is 2. The highest BCUT2D eigenvalue weighted by Crippen LogP contribution is 2.39. The molecular formula is C45H45N7O2. The van der Waals surface area contributed by atoms with E-state index in [9.17, 15) is 9.59 Å². The third-order valence-corrected chi connectivity index (χ3v) is 10.0. The third kappa shape index (κ3) is 7.30. The highest BCUT2D eigenvalue weighted by atomic mass is 16.2. The van der Waals surface area contributed by atoms with Crippen molar-refractivity contribution in [3.8, 4) is 0 Å². The summed E-state index contributed by atoms with van der Waals surface area (Å²) in [5.74, 6) is -0.899. The number of nitrogens with one attached hydrogen (secondary N) is 4. The van der Waals surface area contributed by atoms with Crippen molar-refractivity contribution in [3.05, 3.63) is 153 Å². The van der Waals surface area contributed by atoms with Crippen LogP contribution in [0.1, 0.15) is 94.7 Å². The van der Waals surface area contributed by atoms with Gasteiger partial charge >= 0.3 is 0 Å². The number of pyridine rings is 1. The number of H-pyrrole nitrogens is 1. The maximum Gasteiger partial charge on any atom is 0.274 e. The fourth-order valence-electron chi connectivity index (χ4n) is 7.20. The Hall–Kier alpha value is -6.35. The number of anilines is 2. The summed E-state index contributed by atoms with van der Waals surface area (Å²) in [7, 11) is 0. The number of aryl methyl sites for hydroxylation is 1. The lowest BCUT2D eigenvalue weighted by Crippen LogP contribution is -2.26. The lowest BCUT2D eigenvalue weighted by Gasteiger charge is -2.16. The number of amides is 2. The van der Waals surface area contributed by atoms with Crippen LogP contribution in [0.5, 0.6) is 0 Å².